The SMILES string of the molecule is Cc1nn(C2CCN(CC3CCN(c4cc5c(cc4F)C(=O)N(C4CCC(=O)NC4=O)C5=O)CC3)CC2)c2cc(C(=O)Nc3cc4[nH]c([C@H]5CCCN5C)cc4cn3)ccc12. The average Bonchev–Trinajstić information content (AvgIpc) is 4.02. The Hall–Kier alpha value is -6.00. The summed E-state index contributed by atoms with van der Waals surface area (Å²) in [7, 11) is 2.15. The van der Waals surface area contributed by atoms with Crippen molar-refractivity contribution in [3.63, 3.8) is 0 Å². The van der Waals surface area contributed by atoms with Gasteiger partial charge in [-0.2, -0.15) is 5.10 Å². The zero-order valence-corrected chi connectivity index (χ0v) is 34.4. The number of carbonyl (C=O) groups is 5. The highest BCUT2D eigenvalue weighted by Crippen LogP contribution is 2.36. The highest BCUT2D eigenvalue weighted by Gasteiger charge is 2.45. The van der Waals surface area contributed by atoms with E-state index in [2.05, 4.69) is 48.2 Å². The summed E-state index contributed by atoms with van der Waals surface area (Å²) < 4.78 is 17.6. The molecule has 16 heteroatoms. The van der Waals surface area contributed by atoms with Crippen LogP contribution in [0.3, 0.4) is 0 Å². The summed E-state index contributed by atoms with van der Waals surface area (Å²) in [5.74, 6) is -2.37. The van der Waals surface area contributed by atoms with Crippen LogP contribution in [0.15, 0.2) is 48.7 Å². The number of aromatic amines is 1. The molecule has 1 unspecified atom stereocenters. The second kappa shape index (κ2) is 15.5. The molecule has 10 rings (SSSR count). The lowest BCUT2D eigenvalue weighted by molar-refractivity contribution is -0.136. The molecule has 2 aromatic carbocycles. The molecule has 0 radical (unpaired) electrons. The van der Waals surface area contributed by atoms with Crippen LogP contribution in [0.4, 0.5) is 15.9 Å². The highest BCUT2D eigenvalue weighted by molar-refractivity contribution is 6.23. The minimum Gasteiger partial charge on any atom is -0.369 e. The minimum absolute atomic E-state index is 0.0196. The Bertz CT molecular complexity index is 2620. The largest absolute Gasteiger partial charge is 0.369 e. The zero-order valence-electron chi connectivity index (χ0n) is 34.4. The molecule has 3 N–H and O–H groups in total. The van der Waals surface area contributed by atoms with Gasteiger partial charge in [0.05, 0.1) is 39.6 Å². The molecular formula is C45H49FN10O5. The Morgan fingerprint density at radius 2 is 1.66 bits per heavy atom. The van der Waals surface area contributed by atoms with Gasteiger partial charge in [0.25, 0.3) is 17.7 Å². The van der Waals surface area contributed by atoms with Crippen LogP contribution in [0.1, 0.15) is 106 Å². The van der Waals surface area contributed by atoms with E-state index in [0.29, 0.717) is 36.4 Å². The summed E-state index contributed by atoms with van der Waals surface area (Å²) in [4.78, 5) is 80.0. The molecular weight excluding hydrogens is 780 g/mol. The van der Waals surface area contributed by atoms with E-state index in [1.165, 1.54) is 18.2 Å². The van der Waals surface area contributed by atoms with Gasteiger partial charge < -0.3 is 20.1 Å². The van der Waals surface area contributed by atoms with Gasteiger partial charge >= 0.3 is 0 Å². The summed E-state index contributed by atoms with van der Waals surface area (Å²) in [5, 5.41) is 12.2. The molecule has 5 aromatic rings. The molecule has 0 aliphatic carbocycles. The third-order valence-corrected chi connectivity index (χ3v) is 13.7. The molecule has 4 fully saturated rings. The Morgan fingerprint density at radius 1 is 0.885 bits per heavy atom. The summed E-state index contributed by atoms with van der Waals surface area (Å²) >= 11 is 0. The lowest BCUT2D eigenvalue weighted by Crippen LogP contribution is -2.54. The maximum absolute atomic E-state index is 15.5. The predicted molar refractivity (Wildman–Crippen MR) is 226 cm³/mol. The summed E-state index contributed by atoms with van der Waals surface area (Å²) in [6.07, 6.45) is 7.73. The number of fused-ring (bicyclic) bond motifs is 3. The van der Waals surface area contributed by atoms with Gasteiger partial charge in [0.2, 0.25) is 11.8 Å². The van der Waals surface area contributed by atoms with Crippen molar-refractivity contribution >= 4 is 62.8 Å². The molecule has 15 nitrogen and oxygen atoms in total. The molecule has 2 atom stereocenters. The number of pyridine rings is 1. The van der Waals surface area contributed by atoms with Crippen molar-refractivity contribution in [2.45, 2.75) is 76.4 Å². The van der Waals surface area contributed by atoms with Crippen LogP contribution in [0.2, 0.25) is 0 Å². The van der Waals surface area contributed by atoms with E-state index in [1.54, 1.807) is 0 Å². The first-order chi connectivity index (χ1) is 29.5. The summed E-state index contributed by atoms with van der Waals surface area (Å²) in [5.41, 5.74) is 4.86. The van der Waals surface area contributed by atoms with Crippen molar-refractivity contribution in [1.82, 2.24) is 39.8 Å². The quantitative estimate of drug-likeness (QED) is 0.174. The van der Waals surface area contributed by atoms with Crippen molar-refractivity contribution in [2.24, 2.45) is 5.92 Å². The number of amides is 5. The Labute approximate surface area is 351 Å². The number of carbonyl (C=O) groups excluding carboxylic acids is 5. The normalized spacial score (nSPS) is 22.2. The van der Waals surface area contributed by atoms with Gasteiger partial charge in [-0.3, -0.25) is 43.8 Å². The summed E-state index contributed by atoms with van der Waals surface area (Å²) in [6, 6.07) is 11.9. The van der Waals surface area contributed by atoms with Gasteiger partial charge in [0.15, 0.2) is 0 Å². The van der Waals surface area contributed by atoms with Gasteiger partial charge in [-0.05, 0) is 102 Å². The first-order valence-electron chi connectivity index (χ1n) is 21.5. The molecule has 4 saturated heterocycles. The number of hydrogen-bond acceptors (Lipinski definition) is 10. The number of H-pyrrole nitrogens is 1. The number of nitrogens with one attached hydrogen (secondary N) is 3. The zero-order chi connectivity index (χ0) is 42.1. The van der Waals surface area contributed by atoms with E-state index in [4.69, 9.17) is 5.10 Å². The molecule has 3 aromatic heterocycles. The molecule has 316 valence electrons. The molecule has 0 saturated carbocycles. The first-order valence-corrected chi connectivity index (χ1v) is 21.5. The van der Waals surface area contributed by atoms with Gasteiger partial charge in [-0.15, -0.1) is 0 Å². The Morgan fingerprint density at radius 3 is 2.39 bits per heavy atom. The second-order valence-electron chi connectivity index (χ2n) is 17.5. The van der Waals surface area contributed by atoms with Crippen molar-refractivity contribution in [1.29, 1.82) is 0 Å². The fourth-order valence-corrected chi connectivity index (χ4v) is 10.3. The number of hydrogen-bond donors (Lipinski definition) is 3. The lowest BCUT2D eigenvalue weighted by atomic mass is 9.94. The van der Waals surface area contributed by atoms with E-state index < -0.39 is 35.5 Å². The molecule has 5 aliphatic rings. The molecule has 5 amide bonds. The van der Waals surface area contributed by atoms with Crippen LogP contribution in [0, 0.1) is 18.7 Å². The number of piperidine rings is 3. The van der Waals surface area contributed by atoms with E-state index in [0.717, 1.165) is 96.7 Å². The van der Waals surface area contributed by atoms with Crippen LogP contribution >= 0.6 is 0 Å². The van der Waals surface area contributed by atoms with Crippen LogP contribution < -0.4 is 15.5 Å². The van der Waals surface area contributed by atoms with Crippen LogP contribution in [0.5, 0.6) is 0 Å². The monoisotopic (exact) mass is 828 g/mol. The number of nitrogens with zero attached hydrogens (tertiary/aromatic N) is 7. The average molecular weight is 829 g/mol. The van der Waals surface area contributed by atoms with Gasteiger partial charge in [0.1, 0.15) is 17.7 Å². The number of likely N-dealkylation sites (tertiary alicyclic amines) is 2. The highest BCUT2D eigenvalue weighted by atomic mass is 19.1. The first kappa shape index (κ1) is 39.2. The molecule has 8 heterocycles. The van der Waals surface area contributed by atoms with Gasteiger partial charge in [-0.1, -0.05) is 6.07 Å². The predicted octanol–water partition coefficient (Wildman–Crippen LogP) is 5.33. The van der Waals surface area contributed by atoms with E-state index in [-0.39, 0.29) is 41.6 Å². The number of aromatic nitrogens is 4. The van der Waals surface area contributed by atoms with E-state index >= 15 is 4.39 Å². The number of rotatable bonds is 8. The Balaban J connectivity index is 0.746. The lowest BCUT2D eigenvalue weighted by Gasteiger charge is -2.38. The van der Waals surface area contributed by atoms with Crippen LogP contribution in [-0.2, 0) is 9.59 Å². The fourth-order valence-electron chi connectivity index (χ4n) is 10.3. The molecule has 0 spiro atoms. The third-order valence-electron chi connectivity index (χ3n) is 13.7. The number of anilines is 2. The van der Waals surface area contributed by atoms with E-state index in [1.807, 2.05) is 42.3 Å². The van der Waals surface area contributed by atoms with E-state index in [9.17, 15) is 24.0 Å². The number of halogens is 1. The standard InChI is InChI=1S/C45H49FN10O5/c1-25-30-6-5-27(42(58)49-40-22-34-28(23-47-40)18-35(48-34)36-4-3-13-52(36)2)19-38(30)56(51-25)29-11-14-53(15-12-29)24-26-9-16-54(17-10-26)39-21-32-31(20-33(39)46)44(60)55(45(32)61)37-7-8-41(57)50-43(37)59/h5-6,18-23,26,29,36-37,48H,3-4,7-17,24H2,1-2H3,(H,47,49,58)(H,50,57,59)/t36-,37?/m1/s1. The number of benzene rings is 2. The van der Waals surface area contributed by atoms with Gasteiger partial charge in [-0.25, -0.2) is 9.37 Å². The van der Waals surface area contributed by atoms with Crippen molar-refractivity contribution < 1.29 is 28.4 Å². The van der Waals surface area contributed by atoms with Gasteiger partial charge in [0, 0.05) is 79.5 Å². The molecule has 61 heavy (non-hydrogen) atoms. The topological polar surface area (TPSA) is 169 Å². The second-order valence-corrected chi connectivity index (χ2v) is 17.5. The van der Waals surface area contributed by atoms with Crippen molar-refractivity contribution in [3.05, 3.63) is 82.6 Å². The van der Waals surface area contributed by atoms with Crippen molar-refractivity contribution in [3.8, 4) is 0 Å². The minimum atomic E-state index is -1.10. The molecule has 0 bridgehead atoms. The maximum atomic E-state index is 15.5. The Kier molecular flexibility index (Phi) is 9.93. The smallest absolute Gasteiger partial charge is 0.262 e. The number of imide groups is 2. The molecule has 5 aliphatic heterocycles. The van der Waals surface area contributed by atoms with Crippen molar-refractivity contribution in [2.75, 3.05) is 56.5 Å². The number of aryl methyl sites for hydroxylation is 1. The van der Waals surface area contributed by atoms with Crippen LogP contribution in [-0.4, -0.2) is 116 Å². The fraction of sp³-hybridized carbons (Fsp3) is 0.444. The van der Waals surface area contributed by atoms with Crippen LogP contribution in [0.25, 0.3) is 21.8 Å². The third kappa shape index (κ3) is 7.14. The summed E-state index contributed by atoms with van der Waals surface area (Å²) in [6.45, 7) is 7.08. The maximum Gasteiger partial charge on any atom is 0.262 e.